The first kappa shape index (κ1) is 25.8. The van der Waals surface area contributed by atoms with Gasteiger partial charge in [-0.1, -0.05) is 133 Å². The third-order valence-corrected chi connectivity index (χ3v) is 8.09. The summed E-state index contributed by atoms with van der Waals surface area (Å²) in [5, 5.41) is 4.68. The lowest BCUT2D eigenvalue weighted by Gasteiger charge is -2.26. The second kappa shape index (κ2) is 11.1. The smallest absolute Gasteiger partial charge is 0.160 e. The topological polar surface area (TPSA) is 50.2 Å². The molecule has 1 atom stereocenters. The van der Waals surface area contributed by atoms with E-state index >= 15 is 0 Å². The van der Waals surface area contributed by atoms with E-state index in [0.717, 1.165) is 61.4 Å². The Balaban J connectivity index is 1.23. The molecule has 1 N–H and O–H groups in total. The third-order valence-electron chi connectivity index (χ3n) is 8.09. The predicted molar refractivity (Wildman–Crippen MR) is 181 cm³/mol. The Kier molecular flexibility index (Phi) is 6.50. The van der Waals surface area contributed by atoms with Gasteiger partial charge in [0.1, 0.15) is 6.17 Å². The van der Waals surface area contributed by atoms with Gasteiger partial charge in [-0.15, -0.1) is 0 Å². The summed E-state index contributed by atoms with van der Waals surface area (Å²) in [5.74, 6) is 0.689. The van der Waals surface area contributed by atoms with Crippen molar-refractivity contribution >= 4 is 22.3 Å². The molecular weight excluding hydrogens is 536 g/mol. The highest BCUT2D eigenvalue weighted by Gasteiger charge is 2.23. The van der Waals surface area contributed by atoms with Crippen LogP contribution in [0, 0.1) is 0 Å². The van der Waals surface area contributed by atoms with Crippen LogP contribution in [0.25, 0.3) is 44.7 Å². The lowest BCUT2D eigenvalue weighted by atomic mass is 9.97. The molecule has 1 aliphatic rings. The van der Waals surface area contributed by atoms with Gasteiger partial charge >= 0.3 is 0 Å². The summed E-state index contributed by atoms with van der Waals surface area (Å²) in [7, 11) is 0. The Morgan fingerprint density at radius 1 is 0.477 bits per heavy atom. The van der Waals surface area contributed by atoms with Crippen molar-refractivity contribution in [2.24, 2.45) is 4.99 Å². The maximum atomic E-state index is 5.22. The Morgan fingerprint density at radius 3 is 2.00 bits per heavy atom. The number of fused-ring (bicyclic) bond motifs is 2. The molecule has 0 amide bonds. The van der Waals surface area contributed by atoms with Crippen LogP contribution in [0.4, 0.5) is 5.69 Å². The number of nitrogens with one attached hydrogen (secondary N) is 1. The van der Waals surface area contributed by atoms with E-state index in [-0.39, 0.29) is 6.17 Å². The van der Waals surface area contributed by atoms with Crippen LogP contribution in [0.1, 0.15) is 22.9 Å². The molecule has 1 aromatic heterocycles. The van der Waals surface area contributed by atoms with Crippen molar-refractivity contribution in [2.45, 2.75) is 6.17 Å². The van der Waals surface area contributed by atoms with Crippen molar-refractivity contribution in [1.29, 1.82) is 0 Å². The number of nitrogens with zero attached hydrogens (tertiary/aromatic N) is 3. The predicted octanol–water partition coefficient (Wildman–Crippen LogP) is 9.59. The molecule has 208 valence electrons. The third kappa shape index (κ3) is 4.83. The summed E-state index contributed by atoms with van der Waals surface area (Å²) in [6.45, 7) is 0. The minimum Gasteiger partial charge on any atom is -0.360 e. The van der Waals surface area contributed by atoms with Crippen molar-refractivity contribution in [1.82, 2.24) is 9.97 Å². The van der Waals surface area contributed by atoms with E-state index in [2.05, 4.69) is 139 Å². The maximum absolute atomic E-state index is 5.22. The standard InChI is InChI=1S/C40H28N4/c1-3-13-27(14-4-1)29-17-11-18-30(25-29)38-34-22-8-10-24-36(34)42-40(44-38)32-20-12-19-31(26-32)39-41-35-23-9-7-21-33(35)37(43-39)28-15-5-2-6-16-28/h1-26,39,41H. The van der Waals surface area contributed by atoms with Gasteiger partial charge in [-0.2, -0.15) is 0 Å². The van der Waals surface area contributed by atoms with E-state index in [9.17, 15) is 0 Å². The summed E-state index contributed by atoms with van der Waals surface area (Å²) in [5.41, 5.74) is 11.5. The van der Waals surface area contributed by atoms with Gasteiger partial charge in [0, 0.05) is 33.3 Å². The zero-order chi connectivity index (χ0) is 29.3. The van der Waals surface area contributed by atoms with E-state index in [1.165, 1.54) is 5.56 Å². The Labute approximate surface area is 256 Å². The fourth-order valence-electron chi connectivity index (χ4n) is 5.93. The highest BCUT2D eigenvalue weighted by atomic mass is 15.1. The molecule has 0 spiro atoms. The van der Waals surface area contributed by atoms with Gasteiger partial charge in [-0.05, 0) is 41.0 Å². The fourth-order valence-corrected chi connectivity index (χ4v) is 5.93. The average Bonchev–Trinajstić information content (AvgIpc) is 3.11. The van der Waals surface area contributed by atoms with Crippen LogP contribution in [-0.2, 0) is 0 Å². The summed E-state index contributed by atoms with van der Waals surface area (Å²) in [4.78, 5) is 15.4. The molecule has 8 rings (SSSR count). The second-order valence-electron chi connectivity index (χ2n) is 10.9. The van der Waals surface area contributed by atoms with E-state index < -0.39 is 0 Å². The quantitative estimate of drug-likeness (QED) is 0.226. The first-order valence-corrected chi connectivity index (χ1v) is 14.8. The highest BCUT2D eigenvalue weighted by molar-refractivity contribution is 6.16. The molecule has 6 aromatic carbocycles. The minimum atomic E-state index is -0.248. The first-order chi connectivity index (χ1) is 21.8. The Hall–Kier alpha value is -5.87. The van der Waals surface area contributed by atoms with E-state index in [1.54, 1.807) is 0 Å². The van der Waals surface area contributed by atoms with Gasteiger partial charge in [0.2, 0.25) is 0 Å². The van der Waals surface area contributed by atoms with Gasteiger partial charge in [-0.3, -0.25) is 4.99 Å². The summed E-state index contributed by atoms with van der Waals surface area (Å²) >= 11 is 0. The molecule has 0 aliphatic carbocycles. The molecule has 1 aliphatic heterocycles. The van der Waals surface area contributed by atoms with Gasteiger partial charge in [0.25, 0.3) is 0 Å². The number of hydrogen-bond donors (Lipinski definition) is 1. The molecule has 0 saturated heterocycles. The van der Waals surface area contributed by atoms with Gasteiger partial charge in [0.15, 0.2) is 5.82 Å². The zero-order valence-electron chi connectivity index (χ0n) is 23.9. The Morgan fingerprint density at radius 2 is 1.14 bits per heavy atom. The highest BCUT2D eigenvalue weighted by Crippen LogP contribution is 2.35. The van der Waals surface area contributed by atoms with Crippen molar-refractivity contribution in [2.75, 3.05) is 5.32 Å². The fraction of sp³-hybridized carbons (Fsp3) is 0.0250. The SMILES string of the molecule is c1ccc(C2=NC(c3cccc(-c4nc(-c5cccc(-c6ccccc6)c5)c5ccccc5n4)c3)Nc3ccccc32)cc1. The molecule has 7 aromatic rings. The molecule has 0 fully saturated rings. The van der Waals surface area contributed by atoms with Crippen LogP contribution in [0.3, 0.4) is 0 Å². The average molecular weight is 565 g/mol. The number of hydrogen-bond acceptors (Lipinski definition) is 4. The van der Waals surface area contributed by atoms with E-state index in [1.807, 2.05) is 24.3 Å². The number of aliphatic imine (C=N–C) groups is 1. The number of rotatable bonds is 5. The number of aromatic nitrogens is 2. The zero-order valence-corrected chi connectivity index (χ0v) is 23.9. The molecule has 0 radical (unpaired) electrons. The van der Waals surface area contributed by atoms with Crippen LogP contribution >= 0.6 is 0 Å². The van der Waals surface area contributed by atoms with Crippen LogP contribution in [0.5, 0.6) is 0 Å². The lowest BCUT2D eigenvalue weighted by Crippen LogP contribution is -2.20. The molecule has 4 nitrogen and oxygen atoms in total. The first-order valence-electron chi connectivity index (χ1n) is 14.8. The normalized spacial score (nSPS) is 14.0. The molecule has 0 saturated carbocycles. The monoisotopic (exact) mass is 564 g/mol. The van der Waals surface area contributed by atoms with E-state index in [4.69, 9.17) is 15.0 Å². The summed E-state index contributed by atoms with van der Waals surface area (Å²) in [6, 6.07) is 54.5. The number of benzene rings is 6. The van der Waals surface area contributed by atoms with Crippen molar-refractivity contribution in [3.63, 3.8) is 0 Å². The second-order valence-corrected chi connectivity index (χ2v) is 10.9. The van der Waals surface area contributed by atoms with Crippen molar-refractivity contribution < 1.29 is 0 Å². The Bertz CT molecular complexity index is 2150. The largest absolute Gasteiger partial charge is 0.360 e. The van der Waals surface area contributed by atoms with Crippen LogP contribution < -0.4 is 5.32 Å². The van der Waals surface area contributed by atoms with E-state index in [0.29, 0.717) is 5.82 Å². The molecule has 44 heavy (non-hydrogen) atoms. The number of para-hydroxylation sites is 2. The summed E-state index contributed by atoms with van der Waals surface area (Å²) in [6.07, 6.45) is -0.248. The summed E-state index contributed by atoms with van der Waals surface area (Å²) < 4.78 is 0. The molecule has 4 heteroatoms. The maximum Gasteiger partial charge on any atom is 0.160 e. The van der Waals surface area contributed by atoms with Crippen LogP contribution in [-0.4, -0.2) is 15.7 Å². The van der Waals surface area contributed by atoms with Crippen LogP contribution in [0.15, 0.2) is 163 Å². The molecule has 2 heterocycles. The van der Waals surface area contributed by atoms with Crippen molar-refractivity contribution in [3.8, 4) is 33.8 Å². The lowest BCUT2D eigenvalue weighted by molar-refractivity contribution is 0.828. The van der Waals surface area contributed by atoms with Gasteiger partial charge < -0.3 is 5.32 Å². The van der Waals surface area contributed by atoms with Gasteiger partial charge in [0.05, 0.1) is 16.9 Å². The van der Waals surface area contributed by atoms with Gasteiger partial charge in [-0.25, -0.2) is 9.97 Å². The minimum absolute atomic E-state index is 0.248. The molecule has 0 bridgehead atoms. The van der Waals surface area contributed by atoms with Crippen LogP contribution in [0.2, 0.25) is 0 Å². The van der Waals surface area contributed by atoms with Crippen molar-refractivity contribution in [3.05, 3.63) is 174 Å². The molecular formula is C40H28N4. The molecule has 1 unspecified atom stereocenters. The number of anilines is 1.